The Labute approximate surface area is 98.7 Å². The third-order valence-corrected chi connectivity index (χ3v) is 2.84. The Bertz CT molecular complexity index is 361. The van der Waals surface area contributed by atoms with E-state index in [1.165, 1.54) is 0 Å². The molecule has 0 atom stereocenters. The molecule has 2 heterocycles. The number of hydrogen-bond acceptors (Lipinski definition) is 3. The number of nitrogens with zero attached hydrogens (tertiary/aromatic N) is 2. The number of alkyl halides is 1. The molecule has 0 aromatic carbocycles. The van der Waals surface area contributed by atoms with Crippen LogP contribution in [0.1, 0.15) is 18.9 Å². The van der Waals surface area contributed by atoms with Crippen LogP contribution in [-0.2, 0) is 9.53 Å². The van der Waals surface area contributed by atoms with E-state index in [4.69, 9.17) is 16.3 Å². The number of carbonyl (C=O) groups excluding carboxylic acids is 1. The van der Waals surface area contributed by atoms with Gasteiger partial charge < -0.3 is 10.1 Å². The Balaban J connectivity index is 2.08. The Morgan fingerprint density at radius 1 is 1.62 bits per heavy atom. The number of halogens is 1. The molecule has 0 unspecified atom stereocenters. The number of anilines is 1. The number of amides is 1. The minimum Gasteiger partial charge on any atom is -0.381 e. The SMILES string of the molecule is O=C(CCl)Nc1ccnn1C1CCOCC1. The van der Waals surface area contributed by atoms with Crippen molar-refractivity contribution in [3.63, 3.8) is 0 Å². The summed E-state index contributed by atoms with van der Waals surface area (Å²) >= 11 is 5.45. The summed E-state index contributed by atoms with van der Waals surface area (Å²) in [5.41, 5.74) is 0. The first-order valence-corrected chi connectivity index (χ1v) is 5.82. The second-order valence-corrected chi connectivity index (χ2v) is 3.95. The highest BCUT2D eigenvalue weighted by Gasteiger charge is 2.19. The molecule has 1 aliphatic heterocycles. The van der Waals surface area contributed by atoms with Crippen LogP contribution in [0.25, 0.3) is 0 Å². The molecule has 0 spiro atoms. The maximum Gasteiger partial charge on any atom is 0.240 e. The summed E-state index contributed by atoms with van der Waals surface area (Å²) in [6.45, 7) is 1.49. The summed E-state index contributed by atoms with van der Waals surface area (Å²) in [7, 11) is 0. The van der Waals surface area contributed by atoms with Crippen LogP contribution < -0.4 is 5.32 Å². The standard InChI is InChI=1S/C10H14ClN3O2/c11-7-10(15)13-9-1-4-12-14(9)8-2-5-16-6-3-8/h1,4,8H,2-3,5-7H2,(H,13,15). The van der Waals surface area contributed by atoms with Gasteiger partial charge in [-0.15, -0.1) is 11.6 Å². The molecule has 5 nitrogen and oxygen atoms in total. The average molecular weight is 244 g/mol. The van der Waals surface area contributed by atoms with Crippen LogP contribution in [0.15, 0.2) is 12.3 Å². The summed E-state index contributed by atoms with van der Waals surface area (Å²) in [6.07, 6.45) is 3.52. The fourth-order valence-corrected chi connectivity index (χ4v) is 1.88. The van der Waals surface area contributed by atoms with Crippen molar-refractivity contribution in [1.82, 2.24) is 9.78 Å². The summed E-state index contributed by atoms with van der Waals surface area (Å²) in [5.74, 6) is 0.451. The zero-order valence-electron chi connectivity index (χ0n) is 8.86. The fourth-order valence-electron chi connectivity index (χ4n) is 1.81. The van der Waals surface area contributed by atoms with E-state index in [0.717, 1.165) is 26.1 Å². The van der Waals surface area contributed by atoms with Gasteiger partial charge in [0.05, 0.1) is 12.2 Å². The molecule has 2 rings (SSSR count). The van der Waals surface area contributed by atoms with Crippen molar-refractivity contribution in [2.75, 3.05) is 24.4 Å². The average Bonchev–Trinajstić information content (AvgIpc) is 2.78. The predicted octanol–water partition coefficient (Wildman–Crippen LogP) is 1.41. The monoisotopic (exact) mass is 243 g/mol. The van der Waals surface area contributed by atoms with E-state index in [0.29, 0.717) is 11.9 Å². The van der Waals surface area contributed by atoms with Crippen LogP contribution in [0.5, 0.6) is 0 Å². The zero-order valence-corrected chi connectivity index (χ0v) is 9.61. The van der Waals surface area contributed by atoms with E-state index in [1.807, 2.05) is 4.68 Å². The molecule has 88 valence electrons. The maximum atomic E-state index is 11.2. The first-order valence-electron chi connectivity index (χ1n) is 5.28. The molecule has 0 bridgehead atoms. The molecule has 0 aliphatic carbocycles. The van der Waals surface area contributed by atoms with Gasteiger partial charge in [-0.3, -0.25) is 4.79 Å². The van der Waals surface area contributed by atoms with Crippen molar-refractivity contribution in [2.45, 2.75) is 18.9 Å². The van der Waals surface area contributed by atoms with Crippen molar-refractivity contribution in [2.24, 2.45) is 0 Å². The van der Waals surface area contributed by atoms with Gasteiger partial charge in [0.2, 0.25) is 5.91 Å². The number of ether oxygens (including phenoxy) is 1. The minimum atomic E-state index is -0.213. The Morgan fingerprint density at radius 3 is 3.06 bits per heavy atom. The molecule has 1 aromatic heterocycles. The lowest BCUT2D eigenvalue weighted by atomic mass is 10.1. The van der Waals surface area contributed by atoms with Gasteiger partial charge in [-0.25, -0.2) is 4.68 Å². The van der Waals surface area contributed by atoms with Crippen molar-refractivity contribution in [3.05, 3.63) is 12.3 Å². The lowest BCUT2D eigenvalue weighted by Gasteiger charge is -2.24. The molecular formula is C10H14ClN3O2. The second-order valence-electron chi connectivity index (χ2n) is 3.69. The molecule has 1 fully saturated rings. The van der Waals surface area contributed by atoms with Crippen molar-refractivity contribution in [1.29, 1.82) is 0 Å². The quantitative estimate of drug-likeness (QED) is 0.817. The molecule has 1 aromatic rings. The van der Waals surface area contributed by atoms with Gasteiger partial charge in [0, 0.05) is 19.3 Å². The first-order chi connectivity index (χ1) is 7.81. The minimum absolute atomic E-state index is 0.0427. The van der Waals surface area contributed by atoms with Gasteiger partial charge in [-0.05, 0) is 12.8 Å². The number of nitrogens with one attached hydrogen (secondary N) is 1. The van der Waals surface area contributed by atoms with Gasteiger partial charge in [0.1, 0.15) is 11.7 Å². The van der Waals surface area contributed by atoms with E-state index in [1.54, 1.807) is 12.3 Å². The number of aromatic nitrogens is 2. The van der Waals surface area contributed by atoms with E-state index in [-0.39, 0.29) is 11.8 Å². The highest BCUT2D eigenvalue weighted by molar-refractivity contribution is 6.29. The Kier molecular flexibility index (Phi) is 3.79. The van der Waals surface area contributed by atoms with Gasteiger partial charge in [-0.1, -0.05) is 0 Å². The van der Waals surface area contributed by atoms with Crippen molar-refractivity contribution < 1.29 is 9.53 Å². The molecule has 1 N–H and O–H groups in total. The summed E-state index contributed by atoms with van der Waals surface area (Å²) in [6, 6.07) is 2.08. The Morgan fingerprint density at radius 2 is 2.38 bits per heavy atom. The molecule has 6 heteroatoms. The number of rotatable bonds is 3. The highest BCUT2D eigenvalue weighted by atomic mass is 35.5. The molecule has 0 saturated carbocycles. The third-order valence-electron chi connectivity index (χ3n) is 2.60. The van der Waals surface area contributed by atoms with Gasteiger partial charge >= 0.3 is 0 Å². The fraction of sp³-hybridized carbons (Fsp3) is 0.600. The molecule has 1 aliphatic rings. The summed E-state index contributed by atoms with van der Waals surface area (Å²) < 4.78 is 7.13. The van der Waals surface area contributed by atoms with E-state index < -0.39 is 0 Å². The van der Waals surface area contributed by atoms with Gasteiger partial charge in [0.15, 0.2) is 0 Å². The Hall–Kier alpha value is -1.07. The van der Waals surface area contributed by atoms with Crippen molar-refractivity contribution in [3.8, 4) is 0 Å². The molecule has 0 radical (unpaired) electrons. The maximum absolute atomic E-state index is 11.2. The second kappa shape index (κ2) is 5.32. The van der Waals surface area contributed by atoms with E-state index in [9.17, 15) is 4.79 Å². The zero-order chi connectivity index (χ0) is 11.4. The normalized spacial score (nSPS) is 17.3. The molecule has 1 saturated heterocycles. The van der Waals surface area contributed by atoms with Crippen LogP contribution in [0, 0.1) is 0 Å². The molecule has 16 heavy (non-hydrogen) atoms. The smallest absolute Gasteiger partial charge is 0.240 e. The predicted molar refractivity (Wildman–Crippen MR) is 60.7 cm³/mol. The van der Waals surface area contributed by atoms with Gasteiger partial charge in [-0.2, -0.15) is 5.10 Å². The lowest BCUT2D eigenvalue weighted by Crippen LogP contribution is -2.23. The third kappa shape index (κ3) is 2.54. The van der Waals surface area contributed by atoms with Crippen molar-refractivity contribution >= 4 is 23.3 Å². The molecular weight excluding hydrogens is 230 g/mol. The number of hydrogen-bond donors (Lipinski definition) is 1. The van der Waals surface area contributed by atoms with Crippen LogP contribution >= 0.6 is 11.6 Å². The first kappa shape index (κ1) is 11.4. The largest absolute Gasteiger partial charge is 0.381 e. The van der Waals surface area contributed by atoms with Crippen LogP contribution in [0.3, 0.4) is 0 Å². The number of carbonyl (C=O) groups is 1. The molecule has 1 amide bonds. The van der Waals surface area contributed by atoms with Gasteiger partial charge in [0.25, 0.3) is 0 Å². The highest BCUT2D eigenvalue weighted by Crippen LogP contribution is 2.23. The lowest BCUT2D eigenvalue weighted by molar-refractivity contribution is -0.114. The summed E-state index contributed by atoms with van der Waals surface area (Å²) in [5, 5.41) is 6.96. The van der Waals surface area contributed by atoms with Crippen LogP contribution in [0.2, 0.25) is 0 Å². The van der Waals surface area contributed by atoms with E-state index >= 15 is 0 Å². The van der Waals surface area contributed by atoms with Crippen LogP contribution in [0.4, 0.5) is 5.82 Å². The van der Waals surface area contributed by atoms with E-state index in [2.05, 4.69) is 10.4 Å². The topological polar surface area (TPSA) is 56.2 Å². The van der Waals surface area contributed by atoms with Crippen LogP contribution in [-0.4, -0.2) is 34.8 Å². The summed E-state index contributed by atoms with van der Waals surface area (Å²) in [4.78, 5) is 11.2.